The van der Waals surface area contributed by atoms with Crippen molar-refractivity contribution in [3.63, 3.8) is 0 Å². The Labute approximate surface area is 131 Å². The Morgan fingerprint density at radius 2 is 2.10 bits per heavy atom. The fourth-order valence-electron chi connectivity index (χ4n) is 1.62. The molecule has 0 aliphatic heterocycles. The summed E-state index contributed by atoms with van der Waals surface area (Å²) in [5.74, 6) is 0.0679. The van der Waals surface area contributed by atoms with E-state index < -0.39 is 11.0 Å². The van der Waals surface area contributed by atoms with Crippen molar-refractivity contribution in [1.29, 1.82) is 0 Å². The molecule has 7 heteroatoms. The van der Waals surface area contributed by atoms with Crippen LogP contribution in [0.15, 0.2) is 16.6 Å². The molecule has 112 valence electrons. The molecule has 0 heterocycles. The molecule has 0 aliphatic carbocycles. The number of nitro groups is 1. The number of hydrogen-bond acceptors (Lipinski definition) is 4. The summed E-state index contributed by atoms with van der Waals surface area (Å²) in [7, 11) is 0. The number of nitrogens with one attached hydrogen (secondary N) is 1. The average molecular weight is 366 g/mol. The molecule has 0 amide bonds. The highest BCUT2D eigenvalue weighted by molar-refractivity contribution is 9.10. The zero-order chi connectivity index (χ0) is 15.5. The second-order valence-electron chi connectivity index (χ2n) is 5.55. The van der Waals surface area contributed by atoms with E-state index in [-0.39, 0.29) is 23.5 Å². The summed E-state index contributed by atoms with van der Waals surface area (Å²) < 4.78 is 0.596. The number of aliphatic hydroxyl groups is 1. The molecule has 1 aromatic carbocycles. The Kier molecular flexibility index (Phi) is 5.79. The smallest absolute Gasteiger partial charge is 0.293 e. The first-order valence-corrected chi connectivity index (χ1v) is 7.46. The highest BCUT2D eigenvalue weighted by Gasteiger charge is 2.24. The lowest BCUT2D eigenvalue weighted by Crippen LogP contribution is -2.21. The molecule has 0 fully saturated rings. The third kappa shape index (κ3) is 4.33. The molecule has 2 N–H and O–H groups in total. The quantitative estimate of drug-likeness (QED) is 0.474. The normalized spacial score (nSPS) is 13.1. The van der Waals surface area contributed by atoms with Gasteiger partial charge in [-0.25, -0.2) is 0 Å². The zero-order valence-corrected chi connectivity index (χ0v) is 14.0. The van der Waals surface area contributed by atoms with Crippen LogP contribution in [0.2, 0.25) is 0 Å². The van der Waals surface area contributed by atoms with E-state index in [2.05, 4.69) is 21.2 Å². The van der Waals surface area contributed by atoms with E-state index in [0.717, 1.165) is 5.56 Å². The maximum atomic E-state index is 11.2. The molecule has 0 aromatic heterocycles. The standard InChI is InChI=1S/C13H18BrClN2O3/c1-13(2,3)8-4-10(14)12(11(5-8)17(19)20)16-7-9(18)6-15/h4-5,9,16,18H,6-7H2,1-3H3. The van der Waals surface area contributed by atoms with Crippen LogP contribution in [-0.2, 0) is 5.41 Å². The molecular weight excluding hydrogens is 348 g/mol. The molecule has 0 radical (unpaired) electrons. The van der Waals surface area contributed by atoms with Crippen LogP contribution in [-0.4, -0.2) is 28.6 Å². The number of alkyl halides is 1. The van der Waals surface area contributed by atoms with Crippen molar-refractivity contribution in [2.24, 2.45) is 0 Å². The average Bonchev–Trinajstić information content (AvgIpc) is 2.34. The SMILES string of the molecule is CC(C)(C)c1cc(Br)c(NCC(O)CCl)c([N+](=O)[O-])c1. The summed E-state index contributed by atoms with van der Waals surface area (Å²) in [5, 5.41) is 23.5. The zero-order valence-electron chi connectivity index (χ0n) is 11.6. The minimum Gasteiger partial charge on any atom is -0.390 e. The van der Waals surface area contributed by atoms with Crippen LogP contribution in [0.25, 0.3) is 0 Å². The lowest BCUT2D eigenvalue weighted by Gasteiger charge is -2.21. The molecule has 0 aliphatic rings. The van der Waals surface area contributed by atoms with E-state index in [1.807, 2.05) is 26.8 Å². The summed E-state index contributed by atoms with van der Waals surface area (Å²) in [6.07, 6.45) is -0.759. The summed E-state index contributed by atoms with van der Waals surface area (Å²) in [5.41, 5.74) is 0.999. The fraction of sp³-hybridized carbons (Fsp3) is 0.538. The number of anilines is 1. The molecule has 0 spiro atoms. The number of nitro benzene ring substituents is 1. The van der Waals surface area contributed by atoms with Gasteiger partial charge in [-0.3, -0.25) is 10.1 Å². The van der Waals surface area contributed by atoms with Gasteiger partial charge in [0.1, 0.15) is 5.69 Å². The van der Waals surface area contributed by atoms with Crippen molar-refractivity contribution in [2.45, 2.75) is 32.3 Å². The monoisotopic (exact) mass is 364 g/mol. The van der Waals surface area contributed by atoms with E-state index >= 15 is 0 Å². The molecule has 5 nitrogen and oxygen atoms in total. The van der Waals surface area contributed by atoms with E-state index in [0.29, 0.717) is 10.2 Å². The first-order chi connectivity index (χ1) is 9.16. The lowest BCUT2D eigenvalue weighted by atomic mass is 9.86. The number of nitrogens with zero attached hydrogens (tertiary/aromatic N) is 1. The van der Waals surface area contributed by atoms with Crippen LogP contribution in [0.3, 0.4) is 0 Å². The Morgan fingerprint density at radius 3 is 2.55 bits per heavy atom. The number of benzene rings is 1. The molecule has 1 atom stereocenters. The molecule has 1 aromatic rings. The largest absolute Gasteiger partial charge is 0.390 e. The minimum absolute atomic E-state index is 0.0222. The van der Waals surface area contributed by atoms with E-state index in [1.54, 1.807) is 6.07 Å². The molecule has 20 heavy (non-hydrogen) atoms. The van der Waals surface area contributed by atoms with Crippen molar-refractivity contribution in [3.8, 4) is 0 Å². The second kappa shape index (κ2) is 6.74. The van der Waals surface area contributed by atoms with E-state index in [4.69, 9.17) is 11.6 Å². The van der Waals surface area contributed by atoms with Crippen LogP contribution >= 0.6 is 27.5 Å². The Morgan fingerprint density at radius 1 is 1.50 bits per heavy atom. The Balaban J connectivity index is 3.20. The molecule has 0 saturated carbocycles. The predicted molar refractivity (Wildman–Crippen MR) is 84.7 cm³/mol. The van der Waals surface area contributed by atoms with Crippen molar-refractivity contribution >= 4 is 38.9 Å². The molecule has 1 rings (SSSR count). The van der Waals surface area contributed by atoms with Gasteiger partial charge in [0.25, 0.3) is 5.69 Å². The number of rotatable bonds is 5. The van der Waals surface area contributed by atoms with E-state index in [1.165, 1.54) is 0 Å². The van der Waals surface area contributed by atoms with Gasteiger partial charge >= 0.3 is 0 Å². The summed E-state index contributed by atoms with van der Waals surface area (Å²) in [6, 6.07) is 3.41. The van der Waals surface area contributed by atoms with Gasteiger partial charge in [0.2, 0.25) is 0 Å². The molecule has 0 saturated heterocycles. The van der Waals surface area contributed by atoms with Gasteiger partial charge in [-0.1, -0.05) is 20.8 Å². The van der Waals surface area contributed by atoms with E-state index in [9.17, 15) is 15.2 Å². The van der Waals surface area contributed by atoms with Crippen LogP contribution in [0.5, 0.6) is 0 Å². The van der Waals surface area contributed by atoms with Gasteiger partial charge in [0.15, 0.2) is 0 Å². The van der Waals surface area contributed by atoms with Crippen molar-refractivity contribution in [2.75, 3.05) is 17.7 Å². The van der Waals surface area contributed by atoms with Crippen molar-refractivity contribution in [1.82, 2.24) is 0 Å². The van der Waals surface area contributed by atoms with Gasteiger partial charge in [-0.05, 0) is 33.0 Å². The Bertz CT molecular complexity index is 503. The van der Waals surface area contributed by atoms with Crippen LogP contribution in [0.4, 0.5) is 11.4 Å². The van der Waals surface area contributed by atoms with Gasteiger partial charge in [0.05, 0.1) is 16.9 Å². The number of hydrogen-bond donors (Lipinski definition) is 2. The van der Waals surface area contributed by atoms with Crippen molar-refractivity contribution in [3.05, 3.63) is 32.3 Å². The van der Waals surface area contributed by atoms with Gasteiger partial charge in [-0.2, -0.15) is 0 Å². The lowest BCUT2D eigenvalue weighted by molar-refractivity contribution is -0.384. The molecule has 1 unspecified atom stereocenters. The topological polar surface area (TPSA) is 75.4 Å². The summed E-state index contributed by atoms with van der Waals surface area (Å²) in [6.45, 7) is 6.12. The third-order valence-corrected chi connectivity index (χ3v) is 3.81. The predicted octanol–water partition coefficient (Wildman–Crippen LogP) is 3.67. The highest BCUT2D eigenvalue weighted by Crippen LogP contribution is 2.37. The molecular formula is C13H18BrClN2O3. The molecule has 0 bridgehead atoms. The summed E-state index contributed by atoms with van der Waals surface area (Å²) in [4.78, 5) is 10.8. The van der Waals surface area contributed by atoms with Crippen LogP contribution < -0.4 is 5.32 Å². The first-order valence-electron chi connectivity index (χ1n) is 6.13. The first kappa shape index (κ1) is 17.2. The third-order valence-electron chi connectivity index (χ3n) is 2.82. The minimum atomic E-state index is -0.759. The van der Waals surface area contributed by atoms with Gasteiger partial charge < -0.3 is 10.4 Å². The maximum Gasteiger partial charge on any atom is 0.293 e. The van der Waals surface area contributed by atoms with Gasteiger partial charge in [-0.15, -0.1) is 11.6 Å². The maximum absolute atomic E-state index is 11.2. The fourth-order valence-corrected chi connectivity index (χ4v) is 2.32. The Hall–Kier alpha value is -0.850. The van der Waals surface area contributed by atoms with Crippen LogP contribution in [0, 0.1) is 10.1 Å². The van der Waals surface area contributed by atoms with Crippen molar-refractivity contribution < 1.29 is 10.0 Å². The van der Waals surface area contributed by atoms with Gasteiger partial charge in [0, 0.05) is 17.1 Å². The number of aliphatic hydroxyl groups excluding tert-OH is 1. The summed E-state index contributed by atoms with van der Waals surface area (Å²) >= 11 is 8.86. The second-order valence-corrected chi connectivity index (χ2v) is 6.71. The highest BCUT2D eigenvalue weighted by atomic mass is 79.9. The van der Waals surface area contributed by atoms with Crippen LogP contribution in [0.1, 0.15) is 26.3 Å². The number of halogens is 2.